The van der Waals surface area contributed by atoms with Crippen LogP contribution in [-0.4, -0.2) is 31.7 Å². The van der Waals surface area contributed by atoms with Gasteiger partial charge >= 0.3 is 0 Å². The minimum atomic E-state index is -0.0834. The van der Waals surface area contributed by atoms with E-state index in [0.29, 0.717) is 5.92 Å². The van der Waals surface area contributed by atoms with E-state index in [1.807, 2.05) is 0 Å². The first kappa shape index (κ1) is 10.9. The average Bonchev–Trinajstić information content (AvgIpc) is 2.05. The van der Waals surface area contributed by atoms with Crippen LogP contribution in [0.2, 0.25) is 0 Å². The van der Waals surface area contributed by atoms with E-state index in [9.17, 15) is 0 Å². The molecule has 1 N–H and O–H groups in total. The van der Waals surface area contributed by atoms with Crippen LogP contribution in [0.25, 0.3) is 0 Å². The number of aliphatic hydroxyl groups excluding tert-OH is 1. The van der Waals surface area contributed by atoms with Gasteiger partial charge in [-0.15, -0.1) is 0 Å². The van der Waals surface area contributed by atoms with Crippen LogP contribution in [0.1, 0.15) is 20.3 Å². The third-order valence-electron chi connectivity index (χ3n) is 1.86. The summed E-state index contributed by atoms with van der Waals surface area (Å²) in [6.45, 7) is 4.45. The van der Waals surface area contributed by atoms with Crippen LogP contribution < -0.4 is 0 Å². The highest BCUT2D eigenvalue weighted by atomic mass is 16.7. The Morgan fingerprint density at radius 2 is 2.09 bits per heavy atom. The lowest BCUT2D eigenvalue weighted by Gasteiger charge is -2.20. The molecule has 0 rings (SSSR count). The number of hydrogen-bond acceptors (Lipinski definition) is 3. The smallest absolute Gasteiger partial charge is 0.146 e. The fraction of sp³-hybridized carbons (Fsp3) is 1.00. The summed E-state index contributed by atoms with van der Waals surface area (Å²) in [5, 5.41) is 8.87. The molecule has 3 nitrogen and oxygen atoms in total. The molecule has 0 amide bonds. The van der Waals surface area contributed by atoms with Gasteiger partial charge in [-0.3, -0.25) is 0 Å². The number of rotatable bonds is 6. The second-order valence-corrected chi connectivity index (χ2v) is 2.68. The maximum atomic E-state index is 8.87. The zero-order chi connectivity index (χ0) is 8.69. The van der Waals surface area contributed by atoms with Crippen LogP contribution in [0.4, 0.5) is 0 Å². The van der Waals surface area contributed by atoms with Gasteiger partial charge in [0.05, 0.1) is 12.7 Å². The van der Waals surface area contributed by atoms with Crippen molar-refractivity contribution < 1.29 is 14.6 Å². The molecule has 3 heteroatoms. The third kappa shape index (κ3) is 4.35. The van der Waals surface area contributed by atoms with Crippen molar-refractivity contribution in [2.75, 3.05) is 20.5 Å². The van der Waals surface area contributed by atoms with Crippen molar-refractivity contribution in [2.24, 2.45) is 5.92 Å². The van der Waals surface area contributed by atoms with Crippen molar-refractivity contribution in [3.8, 4) is 0 Å². The molecule has 0 aliphatic carbocycles. The summed E-state index contributed by atoms with van der Waals surface area (Å²) in [5.74, 6) is 0.384. The van der Waals surface area contributed by atoms with Crippen molar-refractivity contribution >= 4 is 0 Å². The van der Waals surface area contributed by atoms with Gasteiger partial charge < -0.3 is 14.6 Å². The summed E-state index contributed by atoms with van der Waals surface area (Å²) in [4.78, 5) is 0. The Kier molecular flexibility index (Phi) is 6.51. The Hall–Kier alpha value is -0.120. The quantitative estimate of drug-likeness (QED) is 0.592. The molecule has 0 bridgehead atoms. The maximum Gasteiger partial charge on any atom is 0.146 e. The Morgan fingerprint density at radius 1 is 1.45 bits per heavy atom. The molecule has 0 aromatic rings. The van der Waals surface area contributed by atoms with Crippen LogP contribution in [-0.2, 0) is 9.47 Å². The normalized spacial score (nSPS) is 16.4. The van der Waals surface area contributed by atoms with E-state index in [0.717, 1.165) is 6.42 Å². The van der Waals surface area contributed by atoms with Crippen molar-refractivity contribution in [1.29, 1.82) is 0 Å². The van der Waals surface area contributed by atoms with Gasteiger partial charge in [-0.1, -0.05) is 20.3 Å². The summed E-state index contributed by atoms with van der Waals surface area (Å²) >= 11 is 0. The largest absolute Gasteiger partial charge is 0.394 e. The van der Waals surface area contributed by atoms with Gasteiger partial charge in [0.2, 0.25) is 0 Å². The monoisotopic (exact) mass is 162 g/mol. The molecule has 2 atom stereocenters. The lowest BCUT2D eigenvalue weighted by atomic mass is 10.0. The SMILES string of the molecule is CCC(C)C(CO)OCOC. The summed E-state index contributed by atoms with van der Waals surface area (Å²) in [5.41, 5.74) is 0. The number of hydrogen-bond donors (Lipinski definition) is 1. The number of methoxy groups -OCH3 is 1. The molecule has 0 aliphatic rings. The minimum Gasteiger partial charge on any atom is -0.394 e. The zero-order valence-corrected chi connectivity index (χ0v) is 7.54. The zero-order valence-electron chi connectivity index (χ0n) is 7.54. The van der Waals surface area contributed by atoms with E-state index in [2.05, 4.69) is 13.8 Å². The Morgan fingerprint density at radius 3 is 2.45 bits per heavy atom. The summed E-state index contributed by atoms with van der Waals surface area (Å²) in [7, 11) is 1.57. The number of aliphatic hydroxyl groups is 1. The molecule has 0 radical (unpaired) electrons. The van der Waals surface area contributed by atoms with Crippen molar-refractivity contribution in [2.45, 2.75) is 26.4 Å². The molecular formula is C8H18O3. The molecule has 0 heterocycles. The van der Waals surface area contributed by atoms with E-state index in [4.69, 9.17) is 14.6 Å². The number of ether oxygens (including phenoxy) is 2. The summed E-state index contributed by atoms with van der Waals surface area (Å²) in [6, 6.07) is 0. The molecule has 0 spiro atoms. The predicted octanol–water partition coefficient (Wildman–Crippen LogP) is 1.01. The molecule has 0 aliphatic heterocycles. The van der Waals surface area contributed by atoms with Crippen LogP contribution in [0, 0.1) is 5.92 Å². The highest BCUT2D eigenvalue weighted by Gasteiger charge is 2.14. The second-order valence-electron chi connectivity index (χ2n) is 2.68. The van der Waals surface area contributed by atoms with Crippen molar-refractivity contribution in [3.05, 3.63) is 0 Å². The van der Waals surface area contributed by atoms with Crippen LogP contribution >= 0.6 is 0 Å². The Bertz CT molecular complexity index is 85.4. The van der Waals surface area contributed by atoms with Gasteiger partial charge in [-0.2, -0.15) is 0 Å². The van der Waals surface area contributed by atoms with E-state index in [1.165, 1.54) is 0 Å². The minimum absolute atomic E-state index is 0.0678. The molecule has 2 unspecified atom stereocenters. The molecule has 68 valence electrons. The first-order chi connectivity index (χ1) is 5.26. The van der Waals surface area contributed by atoms with Crippen LogP contribution in [0.3, 0.4) is 0 Å². The molecule has 0 saturated heterocycles. The Labute approximate surface area is 68.3 Å². The third-order valence-corrected chi connectivity index (χ3v) is 1.86. The van der Waals surface area contributed by atoms with E-state index < -0.39 is 0 Å². The van der Waals surface area contributed by atoms with E-state index in [-0.39, 0.29) is 19.5 Å². The van der Waals surface area contributed by atoms with Gasteiger partial charge in [0.25, 0.3) is 0 Å². The van der Waals surface area contributed by atoms with Crippen molar-refractivity contribution in [1.82, 2.24) is 0 Å². The van der Waals surface area contributed by atoms with Crippen LogP contribution in [0.5, 0.6) is 0 Å². The molecule has 0 aromatic heterocycles. The van der Waals surface area contributed by atoms with Gasteiger partial charge in [0, 0.05) is 7.11 Å². The fourth-order valence-corrected chi connectivity index (χ4v) is 0.815. The standard InChI is InChI=1S/C8H18O3/c1-4-7(2)8(5-9)11-6-10-3/h7-9H,4-6H2,1-3H3. The average molecular weight is 162 g/mol. The van der Waals surface area contributed by atoms with Gasteiger partial charge in [0.1, 0.15) is 6.79 Å². The predicted molar refractivity (Wildman–Crippen MR) is 43.3 cm³/mol. The molecule has 11 heavy (non-hydrogen) atoms. The van der Waals surface area contributed by atoms with E-state index >= 15 is 0 Å². The molecule has 0 saturated carbocycles. The summed E-state index contributed by atoms with van der Waals surface area (Å²) in [6.07, 6.45) is 0.925. The van der Waals surface area contributed by atoms with Gasteiger partial charge in [0.15, 0.2) is 0 Å². The fourth-order valence-electron chi connectivity index (χ4n) is 0.815. The topological polar surface area (TPSA) is 38.7 Å². The highest BCUT2D eigenvalue weighted by Crippen LogP contribution is 2.10. The molecule has 0 aromatic carbocycles. The highest BCUT2D eigenvalue weighted by molar-refractivity contribution is 4.62. The summed E-state index contributed by atoms with van der Waals surface area (Å²) < 4.78 is 9.96. The van der Waals surface area contributed by atoms with Gasteiger partial charge in [-0.25, -0.2) is 0 Å². The van der Waals surface area contributed by atoms with Gasteiger partial charge in [-0.05, 0) is 5.92 Å². The van der Waals surface area contributed by atoms with E-state index in [1.54, 1.807) is 7.11 Å². The molecule has 0 fully saturated rings. The Balaban J connectivity index is 3.56. The maximum absolute atomic E-state index is 8.87. The lowest BCUT2D eigenvalue weighted by molar-refractivity contribution is -0.105. The van der Waals surface area contributed by atoms with Crippen molar-refractivity contribution in [3.63, 3.8) is 0 Å². The first-order valence-corrected chi connectivity index (χ1v) is 3.97. The lowest BCUT2D eigenvalue weighted by Crippen LogP contribution is -2.26. The molecular weight excluding hydrogens is 144 g/mol. The second kappa shape index (κ2) is 6.58. The van der Waals surface area contributed by atoms with Crippen LogP contribution in [0.15, 0.2) is 0 Å². The first-order valence-electron chi connectivity index (χ1n) is 3.97.